The second-order valence-electron chi connectivity index (χ2n) is 3.66. The van der Waals surface area contributed by atoms with Crippen LogP contribution in [0.15, 0.2) is 6.20 Å². The topological polar surface area (TPSA) is 50.2 Å². The normalized spacial score (nSPS) is 13.1. The number of carbonyl (C=O) groups is 1. The fourth-order valence-corrected chi connectivity index (χ4v) is 3.17. The highest BCUT2D eigenvalue weighted by molar-refractivity contribution is 7.99. The van der Waals surface area contributed by atoms with E-state index < -0.39 is 5.97 Å². The van der Waals surface area contributed by atoms with Gasteiger partial charge in [0.05, 0.1) is 5.01 Å². The summed E-state index contributed by atoms with van der Waals surface area (Å²) in [7, 11) is 0. The first kappa shape index (κ1) is 12.5. The number of thiazole rings is 1. The van der Waals surface area contributed by atoms with Crippen molar-refractivity contribution in [3.63, 3.8) is 0 Å². The minimum Gasteiger partial charge on any atom is -0.480 e. The molecule has 0 saturated carbocycles. The van der Waals surface area contributed by atoms with Crippen molar-refractivity contribution in [3.05, 3.63) is 16.1 Å². The molecule has 1 atom stereocenters. The number of hydrogen-bond donors (Lipinski definition) is 1. The number of thioether (sulfide) groups is 1. The summed E-state index contributed by atoms with van der Waals surface area (Å²) in [6, 6.07) is 0. The molecule has 15 heavy (non-hydrogen) atoms. The van der Waals surface area contributed by atoms with Gasteiger partial charge in [0.25, 0.3) is 0 Å². The van der Waals surface area contributed by atoms with Gasteiger partial charge in [0.2, 0.25) is 0 Å². The van der Waals surface area contributed by atoms with Gasteiger partial charge in [-0.25, -0.2) is 4.98 Å². The van der Waals surface area contributed by atoms with E-state index in [-0.39, 0.29) is 11.2 Å². The molecule has 0 aromatic carbocycles. The van der Waals surface area contributed by atoms with Crippen LogP contribution in [-0.4, -0.2) is 21.3 Å². The van der Waals surface area contributed by atoms with Gasteiger partial charge in [0, 0.05) is 16.8 Å². The van der Waals surface area contributed by atoms with E-state index in [9.17, 15) is 4.79 Å². The fourth-order valence-electron chi connectivity index (χ4n) is 1.19. The van der Waals surface area contributed by atoms with E-state index >= 15 is 0 Å². The molecule has 0 aliphatic rings. The molecule has 0 fully saturated rings. The van der Waals surface area contributed by atoms with Crippen molar-refractivity contribution in [2.24, 2.45) is 5.92 Å². The SMILES string of the molecule is Cc1ncc(CSC(C(=O)O)C(C)C)s1. The molecule has 3 nitrogen and oxygen atoms in total. The van der Waals surface area contributed by atoms with Gasteiger partial charge in [-0.2, -0.15) is 0 Å². The highest BCUT2D eigenvalue weighted by atomic mass is 32.2. The second kappa shape index (κ2) is 5.51. The van der Waals surface area contributed by atoms with Crippen LogP contribution in [0, 0.1) is 12.8 Å². The van der Waals surface area contributed by atoms with E-state index in [1.807, 2.05) is 27.0 Å². The van der Waals surface area contributed by atoms with Crippen LogP contribution in [0.4, 0.5) is 0 Å². The highest BCUT2D eigenvalue weighted by Crippen LogP contribution is 2.26. The van der Waals surface area contributed by atoms with Crippen LogP contribution in [0.25, 0.3) is 0 Å². The molecule has 0 bridgehead atoms. The van der Waals surface area contributed by atoms with Crippen molar-refractivity contribution >= 4 is 29.1 Å². The Bertz CT molecular complexity index is 336. The lowest BCUT2D eigenvalue weighted by molar-refractivity contribution is -0.137. The van der Waals surface area contributed by atoms with Crippen LogP contribution < -0.4 is 0 Å². The molecule has 84 valence electrons. The molecule has 0 amide bonds. The summed E-state index contributed by atoms with van der Waals surface area (Å²) in [5, 5.41) is 9.70. The van der Waals surface area contributed by atoms with Crippen molar-refractivity contribution in [2.45, 2.75) is 31.8 Å². The smallest absolute Gasteiger partial charge is 0.316 e. The standard InChI is InChI=1S/C10H15NO2S2/c1-6(2)9(10(12)13)14-5-8-4-11-7(3)15-8/h4,6,9H,5H2,1-3H3,(H,12,13). The maximum absolute atomic E-state index is 10.9. The summed E-state index contributed by atoms with van der Waals surface area (Å²) in [5.41, 5.74) is 0. The average Bonchev–Trinajstić information content (AvgIpc) is 2.50. The molecule has 0 radical (unpaired) electrons. The van der Waals surface area contributed by atoms with Gasteiger partial charge in [0.1, 0.15) is 5.25 Å². The molecule has 0 spiro atoms. The number of carboxylic acids is 1. The van der Waals surface area contributed by atoms with E-state index in [4.69, 9.17) is 5.11 Å². The van der Waals surface area contributed by atoms with Crippen LogP contribution >= 0.6 is 23.1 Å². The maximum Gasteiger partial charge on any atom is 0.316 e. The first-order chi connectivity index (χ1) is 7.00. The highest BCUT2D eigenvalue weighted by Gasteiger charge is 2.21. The number of aliphatic carboxylic acids is 1. The Balaban J connectivity index is 2.50. The zero-order valence-corrected chi connectivity index (χ0v) is 10.7. The van der Waals surface area contributed by atoms with Crippen LogP contribution in [-0.2, 0) is 10.5 Å². The lowest BCUT2D eigenvalue weighted by Gasteiger charge is -2.14. The molecule has 1 N–H and O–H groups in total. The van der Waals surface area contributed by atoms with Crippen LogP contribution in [0.1, 0.15) is 23.7 Å². The third-order valence-electron chi connectivity index (χ3n) is 1.92. The number of aryl methyl sites for hydroxylation is 1. The van der Waals surface area contributed by atoms with Gasteiger partial charge >= 0.3 is 5.97 Å². The lowest BCUT2D eigenvalue weighted by atomic mass is 10.1. The van der Waals surface area contributed by atoms with E-state index in [1.165, 1.54) is 11.8 Å². The Hall–Kier alpha value is -0.550. The molecule has 1 aromatic rings. The monoisotopic (exact) mass is 245 g/mol. The van der Waals surface area contributed by atoms with Crippen molar-refractivity contribution in [1.82, 2.24) is 4.98 Å². The maximum atomic E-state index is 10.9. The Morgan fingerprint density at radius 3 is 2.73 bits per heavy atom. The minimum atomic E-state index is -0.726. The van der Waals surface area contributed by atoms with Gasteiger partial charge in [0.15, 0.2) is 0 Å². The molecular formula is C10H15NO2S2. The summed E-state index contributed by atoms with van der Waals surface area (Å²) in [6.07, 6.45) is 1.83. The summed E-state index contributed by atoms with van der Waals surface area (Å²) < 4.78 is 0. The summed E-state index contributed by atoms with van der Waals surface area (Å²) >= 11 is 3.10. The van der Waals surface area contributed by atoms with Crippen molar-refractivity contribution in [2.75, 3.05) is 0 Å². The van der Waals surface area contributed by atoms with Crippen molar-refractivity contribution < 1.29 is 9.90 Å². The van der Waals surface area contributed by atoms with Gasteiger partial charge in [-0.05, 0) is 12.8 Å². The molecule has 0 aliphatic heterocycles. The van der Waals surface area contributed by atoms with Crippen LogP contribution in [0.3, 0.4) is 0 Å². The number of carboxylic acid groups (broad SMARTS) is 1. The zero-order chi connectivity index (χ0) is 11.4. The summed E-state index contributed by atoms with van der Waals surface area (Å²) in [6.45, 7) is 5.82. The number of aromatic nitrogens is 1. The predicted octanol–water partition coefficient (Wildman–Crippen LogP) is 2.79. The lowest BCUT2D eigenvalue weighted by Crippen LogP contribution is -2.22. The molecule has 5 heteroatoms. The second-order valence-corrected chi connectivity index (χ2v) is 6.11. The Morgan fingerprint density at radius 2 is 2.33 bits per heavy atom. The predicted molar refractivity (Wildman–Crippen MR) is 64.4 cm³/mol. The third-order valence-corrected chi connectivity index (χ3v) is 4.60. The fraction of sp³-hybridized carbons (Fsp3) is 0.600. The van der Waals surface area contributed by atoms with Gasteiger partial charge < -0.3 is 5.11 Å². The zero-order valence-electron chi connectivity index (χ0n) is 9.06. The first-order valence-electron chi connectivity index (χ1n) is 4.76. The summed E-state index contributed by atoms with van der Waals surface area (Å²) in [4.78, 5) is 16.2. The number of nitrogens with zero attached hydrogens (tertiary/aromatic N) is 1. The van der Waals surface area contributed by atoms with Gasteiger partial charge in [-0.1, -0.05) is 13.8 Å². The Labute approximate surface area is 97.9 Å². The van der Waals surface area contributed by atoms with Crippen LogP contribution in [0.5, 0.6) is 0 Å². The van der Waals surface area contributed by atoms with E-state index in [1.54, 1.807) is 11.3 Å². The van der Waals surface area contributed by atoms with Gasteiger partial charge in [-0.15, -0.1) is 23.1 Å². The first-order valence-corrected chi connectivity index (χ1v) is 6.63. The van der Waals surface area contributed by atoms with Crippen molar-refractivity contribution in [3.8, 4) is 0 Å². The molecule has 0 aliphatic carbocycles. The van der Waals surface area contributed by atoms with Crippen LogP contribution in [0.2, 0.25) is 0 Å². The molecule has 0 saturated heterocycles. The largest absolute Gasteiger partial charge is 0.480 e. The quantitative estimate of drug-likeness (QED) is 0.866. The molecule has 1 aromatic heterocycles. The summed E-state index contributed by atoms with van der Waals surface area (Å²) in [5.74, 6) is 0.165. The minimum absolute atomic E-state index is 0.154. The van der Waals surface area contributed by atoms with Crippen molar-refractivity contribution in [1.29, 1.82) is 0 Å². The molecular weight excluding hydrogens is 230 g/mol. The molecule has 1 unspecified atom stereocenters. The Kier molecular flexibility index (Phi) is 4.60. The van der Waals surface area contributed by atoms with Gasteiger partial charge in [-0.3, -0.25) is 4.79 Å². The Morgan fingerprint density at radius 1 is 1.67 bits per heavy atom. The van der Waals surface area contributed by atoms with E-state index in [2.05, 4.69) is 4.98 Å². The van der Waals surface area contributed by atoms with E-state index in [0.717, 1.165) is 15.6 Å². The number of hydrogen-bond acceptors (Lipinski definition) is 4. The number of rotatable bonds is 5. The van der Waals surface area contributed by atoms with E-state index in [0.29, 0.717) is 0 Å². The molecule has 1 rings (SSSR count). The average molecular weight is 245 g/mol. The molecule has 1 heterocycles. The third kappa shape index (κ3) is 3.83.